The molecule has 0 saturated heterocycles. The highest BCUT2D eigenvalue weighted by atomic mass is 127. The standard InChI is InChI=1S/C11H12INO6S/c12-7-1-3-8(4-2-7)20(18,19)13-9(11(16)17)5-6-10(14)15/h1-4,9,13H,5-6H2,(H,14,15)(H,16,17)/t9-/m0/s1. The molecule has 1 aromatic carbocycles. The molecule has 0 fully saturated rings. The maximum atomic E-state index is 12.0. The van der Waals surface area contributed by atoms with E-state index in [4.69, 9.17) is 10.2 Å². The van der Waals surface area contributed by atoms with Crippen LogP contribution in [0.3, 0.4) is 0 Å². The van der Waals surface area contributed by atoms with Gasteiger partial charge in [-0.05, 0) is 53.3 Å². The second kappa shape index (κ2) is 6.99. The predicted molar refractivity (Wildman–Crippen MR) is 77.8 cm³/mol. The highest BCUT2D eigenvalue weighted by Crippen LogP contribution is 2.13. The molecule has 0 bridgehead atoms. The fraction of sp³-hybridized carbons (Fsp3) is 0.273. The van der Waals surface area contributed by atoms with Crippen molar-refractivity contribution >= 4 is 44.6 Å². The zero-order chi connectivity index (χ0) is 15.3. The molecule has 20 heavy (non-hydrogen) atoms. The number of carboxylic acid groups (broad SMARTS) is 2. The minimum atomic E-state index is -4.00. The molecule has 0 amide bonds. The summed E-state index contributed by atoms with van der Waals surface area (Å²) in [6.45, 7) is 0. The fourth-order valence-corrected chi connectivity index (χ4v) is 2.95. The molecule has 0 aliphatic carbocycles. The number of hydrogen-bond acceptors (Lipinski definition) is 4. The van der Waals surface area contributed by atoms with Gasteiger partial charge in [0.2, 0.25) is 10.0 Å². The summed E-state index contributed by atoms with van der Waals surface area (Å²) in [5, 5.41) is 17.4. The summed E-state index contributed by atoms with van der Waals surface area (Å²) >= 11 is 2.01. The van der Waals surface area contributed by atoms with Gasteiger partial charge >= 0.3 is 11.9 Å². The Labute approximate surface area is 129 Å². The van der Waals surface area contributed by atoms with Gasteiger partial charge < -0.3 is 10.2 Å². The molecule has 7 nitrogen and oxygen atoms in total. The van der Waals surface area contributed by atoms with Crippen molar-refractivity contribution in [2.75, 3.05) is 0 Å². The number of carboxylic acids is 2. The Morgan fingerprint density at radius 1 is 1.20 bits per heavy atom. The number of carbonyl (C=O) groups is 2. The van der Waals surface area contributed by atoms with E-state index in [1.807, 2.05) is 27.3 Å². The zero-order valence-corrected chi connectivity index (χ0v) is 13.1. The van der Waals surface area contributed by atoms with Crippen molar-refractivity contribution in [3.63, 3.8) is 0 Å². The molecule has 0 radical (unpaired) electrons. The average molecular weight is 413 g/mol. The van der Waals surface area contributed by atoms with Gasteiger partial charge in [-0.1, -0.05) is 0 Å². The molecule has 0 unspecified atom stereocenters. The molecule has 9 heteroatoms. The summed E-state index contributed by atoms with van der Waals surface area (Å²) in [4.78, 5) is 21.3. The lowest BCUT2D eigenvalue weighted by Crippen LogP contribution is -2.41. The number of halogens is 1. The molecule has 1 rings (SSSR count). The second-order valence-electron chi connectivity index (χ2n) is 3.90. The Kier molecular flexibility index (Phi) is 5.89. The molecule has 1 atom stereocenters. The number of aliphatic carboxylic acids is 2. The van der Waals surface area contributed by atoms with Crippen molar-refractivity contribution in [3.05, 3.63) is 27.8 Å². The van der Waals surface area contributed by atoms with Gasteiger partial charge in [-0.25, -0.2) is 8.42 Å². The first kappa shape index (κ1) is 16.9. The van der Waals surface area contributed by atoms with E-state index in [1.54, 1.807) is 12.1 Å². The smallest absolute Gasteiger partial charge is 0.321 e. The first-order chi connectivity index (χ1) is 9.22. The van der Waals surface area contributed by atoms with Crippen LogP contribution in [-0.2, 0) is 19.6 Å². The van der Waals surface area contributed by atoms with Gasteiger partial charge in [0.25, 0.3) is 0 Å². The number of rotatable bonds is 7. The van der Waals surface area contributed by atoms with Crippen LogP contribution >= 0.6 is 22.6 Å². The van der Waals surface area contributed by atoms with Gasteiger partial charge in [0.05, 0.1) is 4.90 Å². The third-order valence-corrected chi connectivity index (χ3v) is 4.57. The Bertz CT molecular complexity index is 598. The topological polar surface area (TPSA) is 121 Å². The third kappa shape index (κ3) is 5.06. The third-order valence-electron chi connectivity index (χ3n) is 2.37. The van der Waals surface area contributed by atoms with Crippen molar-refractivity contribution in [2.24, 2.45) is 0 Å². The molecule has 0 aromatic heterocycles. The van der Waals surface area contributed by atoms with Crippen LogP contribution < -0.4 is 4.72 Å². The minimum absolute atomic E-state index is 0.0699. The van der Waals surface area contributed by atoms with E-state index >= 15 is 0 Å². The van der Waals surface area contributed by atoms with Gasteiger partial charge in [0.15, 0.2) is 0 Å². The monoisotopic (exact) mass is 413 g/mol. The molecule has 0 heterocycles. The van der Waals surface area contributed by atoms with Gasteiger partial charge in [-0.3, -0.25) is 9.59 Å². The zero-order valence-electron chi connectivity index (χ0n) is 10.1. The van der Waals surface area contributed by atoms with Crippen LogP contribution in [0.4, 0.5) is 0 Å². The summed E-state index contributed by atoms with van der Waals surface area (Å²) in [6.07, 6.45) is -0.763. The lowest BCUT2D eigenvalue weighted by Gasteiger charge is -2.13. The summed E-state index contributed by atoms with van der Waals surface area (Å²) in [7, 11) is -4.00. The molecule has 1 aromatic rings. The lowest BCUT2D eigenvalue weighted by atomic mass is 10.2. The average Bonchev–Trinajstić information content (AvgIpc) is 2.34. The van der Waals surface area contributed by atoms with Crippen molar-refractivity contribution in [1.82, 2.24) is 4.72 Å². The molecule has 0 saturated carbocycles. The van der Waals surface area contributed by atoms with E-state index in [0.29, 0.717) is 0 Å². The van der Waals surface area contributed by atoms with E-state index in [2.05, 4.69) is 0 Å². The fourth-order valence-electron chi connectivity index (χ4n) is 1.37. The highest BCUT2D eigenvalue weighted by Gasteiger charge is 2.25. The van der Waals surface area contributed by atoms with Crippen molar-refractivity contribution in [3.8, 4) is 0 Å². The van der Waals surface area contributed by atoms with E-state index in [9.17, 15) is 18.0 Å². The van der Waals surface area contributed by atoms with Gasteiger partial charge in [-0.15, -0.1) is 0 Å². The van der Waals surface area contributed by atoms with Crippen LogP contribution in [0.5, 0.6) is 0 Å². The summed E-state index contributed by atoms with van der Waals surface area (Å²) < 4.78 is 26.8. The molecular weight excluding hydrogens is 401 g/mol. The lowest BCUT2D eigenvalue weighted by molar-refractivity contribution is -0.140. The normalized spacial score (nSPS) is 12.8. The molecule has 110 valence electrons. The summed E-state index contributed by atoms with van der Waals surface area (Å²) in [6, 6.07) is 4.36. The Balaban J connectivity index is 2.88. The van der Waals surface area contributed by atoms with Crippen molar-refractivity contribution < 1.29 is 28.2 Å². The largest absolute Gasteiger partial charge is 0.481 e. The maximum absolute atomic E-state index is 12.0. The number of nitrogens with one attached hydrogen (secondary N) is 1. The van der Waals surface area contributed by atoms with Crippen LogP contribution in [0.15, 0.2) is 29.2 Å². The van der Waals surface area contributed by atoms with Crippen LogP contribution in [-0.4, -0.2) is 36.6 Å². The van der Waals surface area contributed by atoms with Crippen LogP contribution in [0.1, 0.15) is 12.8 Å². The summed E-state index contributed by atoms with van der Waals surface area (Å²) in [5.41, 5.74) is 0. The maximum Gasteiger partial charge on any atom is 0.321 e. The highest BCUT2D eigenvalue weighted by molar-refractivity contribution is 14.1. The number of hydrogen-bond donors (Lipinski definition) is 3. The first-order valence-electron chi connectivity index (χ1n) is 5.45. The molecule has 0 aliphatic heterocycles. The molecule has 3 N–H and O–H groups in total. The van der Waals surface area contributed by atoms with Gasteiger partial charge in [-0.2, -0.15) is 4.72 Å². The molecule has 0 aliphatic rings. The van der Waals surface area contributed by atoms with E-state index in [0.717, 1.165) is 3.57 Å². The molecular formula is C11H12INO6S. The van der Waals surface area contributed by atoms with Gasteiger partial charge in [0.1, 0.15) is 6.04 Å². The van der Waals surface area contributed by atoms with Crippen LogP contribution in [0.2, 0.25) is 0 Å². The van der Waals surface area contributed by atoms with E-state index < -0.39 is 34.4 Å². The Morgan fingerprint density at radius 2 is 1.75 bits per heavy atom. The van der Waals surface area contributed by atoms with E-state index in [-0.39, 0.29) is 11.3 Å². The summed E-state index contributed by atoms with van der Waals surface area (Å²) in [5.74, 6) is -2.61. The van der Waals surface area contributed by atoms with Gasteiger partial charge in [0, 0.05) is 9.99 Å². The number of sulfonamides is 1. The van der Waals surface area contributed by atoms with E-state index in [1.165, 1.54) is 12.1 Å². The minimum Gasteiger partial charge on any atom is -0.481 e. The first-order valence-corrected chi connectivity index (χ1v) is 8.01. The quantitative estimate of drug-likeness (QED) is 0.571. The number of benzene rings is 1. The predicted octanol–water partition coefficient (Wildman–Crippen LogP) is 0.888. The van der Waals surface area contributed by atoms with Crippen LogP contribution in [0, 0.1) is 3.57 Å². The van der Waals surface area contributed by atoms with Crippen molar-refractivity contribution in [1.29, 1.82) is 0 Å². The van der Waals surface area contributed by atoms with Crippen molar-refractivity contribution in [2.45, 2.75) is 23.8 Å². The van der Waals surface area contributed by atoms with Crippen LogP contribution in [0.25, 0.3) is 0 Å². The Hall–Kier alpha value is -1.20. The second-order valence-corrected chi connectivity index (χ2v) is 6.86. The SMILES string of the molecule is O=C(O)CC[C@H](NS(=O)(=O)c1ccc(I)cc1)C(=O)O. The Morgan fingerprint density at radius 3 is 2.20 bits per heavy atom. The molecule has 0 spiro atoms.